The van der Waals surface area contributed by atoms with Gasteiger partial charge < -0.3 is 26.0 Å². The molecule has 14 bridgehead atoms. The lowest BCUT2D eigenvalue weighted by atomic mass is 9.31. The number of nitrogens with one attached hydrogen (secondary N) is 2. The van der Waals surface area contributed by atoms with Gasteiger partial charge in [-0.05, 0) is 206 Å². The summed E-state index contributed by atoms with van der Waals surface area (Å²) in [5.41, 5.74) is 12.3. The van der Waals surface area contributed by atoms with Gasteiger partial charge in [0, 0.05) is 41.2 Å². The summed E-state index contributed by atoms with van der Waals surface area (Å²) in [5.74, 6) is 1.13. The molecule has 6 nitrogen and oxygen atoms in total. The second kappa shape index (κ2) is 20.9. The Bertz CT molecular complexity index is 3230. The molecule has 5 N–H and O–H groups in total. The minimum Gasteiger partial charge on any atom is -0.481 e. The molecule has 3 aromatic carbocycles. The van der Waals surface area contributed by atoms with Gasteiger partial charge in [0.25, 0.3) is 0 Å². The molecule has 2 spiro atoms. The molecule has 6 heteroatoms. The molecule has 8 aliphatic carbocycles. The Morgan fingerprint density at radius 1 is 0.838 bits per heavy atom. The van der Waals surface area contributed by atoms with Crippen molar-refractivity contribution in [3.05, 3.63) is 171 Å². The summed E-state index contributed by atoms with van der Waals surface area (Å²) in [6.07, 6.45) is 34.6. The average molecular weight is 1070 g/mol. The van der Waals surface area contributed by atoms with Crippen LogP contribution >= 0.6 is 0 Å². The molecule has 14 aliphatic rings. The summed E-state index contributed by atoms with van der Waals surface area (Å²) in [5, 5.41) is 47.2. The maximum absolute atomic E-state index is 14.0. The Hall–Kier alpha value is -5.17. The van der Waals surface area contributed by atoms with Crippen molar-refractivity contribution in [3.8, 4) is 0 Å². The van der Waals surface area contributed by atoms with E-state index in [0.29, 0.717) is 37.0 Å². The Labute approximate surface area is 478 Å². The fourth-order valence-electron chi connectivity index (χ4n) is 20.3. The van der Waals surface area contributed by atoms with E-state index in [1.54, 1.807) is 5.57 Å². The van der Waals surface area contributed by atoms with E-state index in [1.807, 2.05) is 0 Å². The predicted octanol–water partition coefficient (Wildman–Crippen LogP) is 13.7. The topological polar surface area (TPSA) is 102 Å². The molecule has 3 aromatic rings. The van der Waals surface area contributed by atoms with Gasteiger partial charge in [-0.2, -0.15) is 0 Å². The van der Waals surface area contributed by atoms with Gasteiger partial charge in [-0.3, -0.25) is 4.79 Å². The first-order valence-electron chi connectivity index (χ1n) is 31.9. The highest BCUT2D eigenvalue weighted by molar-refractivity contribution is 5.78. The summed E-state index contributed by atoms with van der Waals surface area (Å²) in [6, 6.07) is 27.6. The van der Waals surface area contributed by atoms with Gasteiger partial charge in [-0.25, -0.2) is 0 Å². The van der Waals surface area contributed by atoms with E-state index < -0.39 is 34.9 Å². The number of allylic oxidation sites excluding steroid dienone is 9. The Morgan fingerprint density at radius 2 is 1.65 bits per heavy atom. The minimum atomic E-state index is -0.757. The maximum Gasteiger partial charge on any atom is 0.306 e. The summed E-state index contributed by atoms with van der Waals surface area (Å²) in [6.45, 7) is 16.2. The van der Waals surface area contributed by atoms with E-state index in [9.17, 15) is 20.1 Å². The molecule has 0 saturated heterocycles. The molecular weight excluding hydrogens is 981 g/mol. The van der Waals surface area contributed by atoms with Crippen LogP contribution in [0.15, 0.2) is 138 Å². The summed E-state index contributed by atoms with van der Waals surface area (Å²) < 4.78 is 0. The fraction of sp³-hybridized carbons (Fsp3) is 0.554. The number of aliphatic carboxylic acids is 1. The smallest absolute Gasteiger partial charge is 0.306 e. The summed E-state index contributed by atoms with van der Waals surface area (Å²) in [7, 11) is 0. The van der Waals surface area contributed by atoms with Crippen LogP contribution in [-0.4, -0.2) is 46.6 Å². The van der Waals surface area contributed by atoms with Crippen molar-refractivity contribution in [3.63, 3.8) is 0 Å². The Balaban J connectivity index is 0.974. The highest BCUT2D eigenvalue weighted by Crippen LogP contribution is 2.80. The second-order valence-electron chi connectivity index (χ2n) is 28.4. The number of fused-ring (bicyclic) bond motifs is 1. The molecule has 13 unspecified atom stereocenters. The lowest BCUT2D eigenvalue weighted by molar-refractivity contribution is -0.160. The molecule has 0 radical (unpaired) electrons. The van der Waals surface area contributed by atoms with Crippen LogP contribution in [-0.2, 0) is 24.1 Å². The fourth-order valence-corrected chi connectivity index (χ4v) is 20.3. The van der Waals surface area contributed by atoms with Crippen molar-refractivity contribution in [1.29, 1.82) is 0 Å². The number of carboxylic acid groups (broad SMARTS) is 1. The first-order valence-corrected chi connectivity index (χ1v) is 31.9. The predicted molar refractivity (Wildman–Crippen MR) is 325 cm³/mol. The number of carboxylic acids is 1. The third-order valence-electron chi connectivity index (χ3n) is 24.4. The first kappa shape index (κ1) is 54.1. The van der Waals surface area contributed by atoms with Crippen LogP contribution in [0.1, 0.15) is 166 Å². The number of benzene rings is 3. The number of carbonyl (C=O) groups is 1. The van der Waals surface area contributed by atoms with Gasteiger partial charge in [-0.15, -0.1) is 0 Å². The molecule has 13 atom stereocenters. The van der Waals surface area contributed by atoms with E-state index in [2.05, 4.69) is 148 Å². The average Bonchev–Trinajstić information content (AvgIpc) is 3.86. The molecule has 0 aromatic heterocycles. The molecule has 422 valence electrons. The van der Waals surface area contributed by atoms with E-state index in [0.717, 1.165) is 96.0 Å². The Morgan fingerprint density at radius 3 is 2.45 bits per heavy atom. The number of aliphatic hydroxyl groups is 2. The van der Waals surface area contributed by atoms with Gasteiger partial charge >= 0.3 is 5.97 Å². The van der Waals surface area contributed by atoms with Crippen molar-refractivity contribution in [2.45, 2.75) is 175 Å². The third-order valence-corrected chi connectivity index (χ3v) is 24.4. The quantitative estimate of drug-likeness (QED) is 0.144. The van der Waals surface area contributed by atoms with Gasteiger partial charge in [0.1, 0.15) is 0 Å². The summed E-state index contributed by atoms with van der Waals surface area (Å²) >= 11 is 0. The van der Waals surface area contributed by atoms with Crippen LogP contribution in [0, 0.1) is 68.5 Å². The van der Waals surface area contributed by atoms with Crippen molar-refractivity contribution >= 4 is 23.2 Å². The third kappa shape index (κ3) is 8.78. The van der Waals surface area contributed by atoms with Crippen LogP contribution in [0.4, 0.5) is 0 Å². The molecule has 0 amide bonds. The zero-order valence-electron chi connectivity index (χ0n) is 48.8. The highest BCUT2D eigenvalue weighted by atomic mass is 16.4. The lowest BCUT2D eigenvalue weighted by Crippen LogP contribution is -2.67. The van der Waals surface area contributed by atoms with Gasteiger partial charge in [-0.1, -0.05) is 173 Å². The van der Waals surface area contributed by atoms with E-state index in [4.69, 9.17) is 6.58 Å². The lowest BCUT2D eigenvalue weighted by Gasteiger charge is -2.72. The summed E-state index contributed by atoms with van der Waals surface area (Å²) in [4.78, 5) is 14.0. The van der Waals surface area contributed by atoms with Gasteiger partial charge in [0.05, 0.1) is 23.9 Å². The molecule has 17 rings (SSSR count). The standard InChI is InChI=1S/C74H92N2O4/c1-47(25-28-49-16-8-6-9-17-49)26-29-52-21-13-23-56-58(52)42-62-60-43-73-36-15-35-70(3)65(78)34-38-74(62,69(70)73)61-33-37-71(4)67(64(77)45-72(71,5)63(61)44-73)57(68(79)80)31-27-48(2)55(51-19-10-7-11-20-51)24-14-39-75-66-32-30-54(46-76-66)53-22-12-18-50(40-53)41-59(56)60/h6,8-9,12-13,15-18,21-23,30,32,36,40,42-43,47,51,55,57,62,64-65,67,69,75-78H,2,7,10-11,14,19-20,24-29,31,33-35,37-39,41,44-46H2,1,3-5H3,(H,79,80). The molecular formula is C74H92N2O4. The Kier molecular flexibility index (Phi) is 14.1. The minimum absolute atomic E-state index is 0.108. The van der Waals surface area contributed by atoms with Crippen molar-refractivity contribution in [2.24, 2.45) is 68.5 Å². The number of hydrogen-bond donors (Lipinski definition) is 5. The number of aliphatic hydroxyl groups excluding tert-OH is 2. The van der Waals surface area contributed by atoms with Gasteiger partial charge in [0.2, 0.25) is 0 Å². The highest BCUT2D eigenvalue weighted by Gasteiger charge is 2.74. The van der Waals surface area contributed by atoms with Crippen molar-refractivity contribution < 1.29 is 20.1 Å². The number of dihydropyridines is 1. The van der Waals surface area contributed by atoms with Crippen LogP contribution in [0.3, 0.4) is 0 Å². The van der Waals surface area contributed by atoms with Crippen LogP contribution in [0.5, 0.6) is 0 Å². The van der Waals surface area contributed by atoms with Crippen LogP contribution < -0.4 is 21.1 Å². The zero-order chi connectivity index (χ0) is 55.2. The molecule has 80 heavy (non-hydrogen) atoms. The number of aryl methyl sites for hydroxylation is 2. The first-order chi connectivity index (χ1) is 38.7. The van der Waals surface area contributed by atoms with E-state index in [-0.39, 0.29) is 34.0 Å². The molecule has 3 fully saturated rings. The monoisotopic (exact) mass is 1070 g/mol. The molecule has 6 aliphatic heterocycles. The number of hydrogen-bond acceptors (Lipinski definition) is 5. The van der Waals surface area contributed by atoms with Crippen molar-refractivity contribution in [2.75, 3.05) is 13.1 Å². The number of rotatable bonds is 8. The maximum atomic E-state index is 14.0. The largest absolute Gasteiger partial charge is 0.481 e. The zero-order valence-corrected chi connectivity index (χ0v) is 48.8. The molecule has 3 saturated carbocycles. The second-order valence-corrected chi connectivity index (χ2v) is 28.4. The van der Waals surface area contributed by atoms with Gasteiger partial charge in [0.15, 0.2) is 0 Å². The van der Waals surface area contributed by atoms with Crippen LogP contribution in [0.25, 0.3) is 17.2 Å². The normalized spacial score (nSPS) is 36.9. The van der Waals surface area contributed by atoms with Crippen LogP contribution in [0.2, 0.25) is 0 Å². The SMILES string of the molecule is C=C1CCC(C(=O)O)C2C(O)CC3(C)C4=C(CCC23C)C23CCC(O)C5(C)CC=CC(C=C6C(=c7cccc(CCC(C)CCc8ccccc8)c7=CC62)Cc2cccc(c2)C2=CC=C(NCCCC1C1CCCCC1)NC2)(C4)C53. The molecule has 6 heterocycles. The van der Waals surface area contributed by atoms with E-state index >= 15 is 0 Å². The van der Waals surface area contributed by atoms with E-state index in [1.165, 1.54) is 99.1 Å². The van der Waals surface area contributed by atoms with Crippen molar-refractivity contribution in [1.82, 2.24) is 10.6 Å².